The second-order valence-corrected chi connectivity index (χ2v) is 6.81. The third kappa shape index (κ3) is 6.29. The number of hydrogen-bond donors (Lipinski definition) is 2. The molecule has 7 heteroatoms. The minimum atomic E-state index is -0.788. The summed E-state index contributed by atoms with van der Waals surface area (Å²) in [6, 6.07) is 11.9. The molecule has 0 heterocycles. The molecular weight excluding hydrogens is 414 g/mol. The molecule has 0 aromatic heterocycles. The summed E-state index contributed by atoms with van der Waals surface area (Å²) in [4.78, 5) is 24.2. The van der Waals surface area contributed by atoms with Gasteiger partial charge in [-0.1, -0.05) is 36.4 Å². The second-order valence-electron chi connectivity index (χ2n) is 5.95. The van der Waals surface area contributed by atoms with Gasteiger partial charge in [0.2, 0.25) is 0 Å². The van der Waals surface area contributed by atoms with E-state index in [0.29, 0.717) is 10.0 Å². The van der Waals surface area contributed by atoms with E-state index >= 15 is 0 Å². The Balaban J connectivity index is 2.15. The summed E-state index contributed by atoms with van der Waals surface area (Å²) < 4.78 is 10.7. The smallest absolute Gasteiger partial charge is 0.407 e. The van der Waals surface area contributed by atoms with E-state index in [2.05, 4.69) is 21.2 Å². The molecule has 0 aliphatic carbocycles. The summed E-state index contributed by atoms with van der Waals surface area (Å²) >= 11 is 3.28. The van der Waals surface area contributed by atoms with Crippen LogP contribution in [0.25, 0.3) is 0 Å². The highest BCUT2D eigenvalue weighted by Crippen LogP contribution is 2.34. The number of phenols is 1. The maximum atomic E-state index is 12.2. The molecule has 0 aliphatic heterocycles. The van der Waals surface area contributed by atoms with Gasteiger partial charge in [-0.15, -0.1) is 0 Å². The van der Waals surface area contributed by atoms with Gasteiger partial charge in [-0.25, -0.2) is 4.79 Å². The van der Waals surface area contributed by atoms with Gasteiger partial charge >= 0.3 is 12.1 Å². The quantitative estimate of drug-likeness (QED) is 0.630. The van der Waals surface area contributed by atoms with Gasteiger partial charge in [0, 0.05) is 5.56 Å². The molecule has 0 radical (unpaired) electrons. The molecule has 0 saturated heterocycles. The lowest BCUT2D eigenvalue weighted by atomic mass is 10.0. The van der Waals surface area contributed by atoms with Crippen molar-refractivity contribution >= 4 is 28.0 Å². The second kappa shape index (κ2) is 9.97. The Morgan fingerprint density at radius 3 is 2.56 bits per heavy atom. The number of carbonyl (C=O) groups excluding carboxylic acids is 2. The van der Waals surface area contributed by atoms with Crippen molar-refractivity contribution < 1.29 is 24.2 Å². The predicted molar refractivity (Wildman–Crippen MR) is 104 cm³/mol. The molecule has 27 heavy (non-hydrogen) atoms. The van der Waals surface area contributed by atoms with E-state index in [1.165, 1.54) is 0 Å². The van der Waals surface area contributed by atoms with Crippen molar-refractivity contribution in [3.63, 3.8) is 0 Å². The van der Waals surface area contributed by atoms with Crippen LogP contribution < -0.4 is 5.32 Å². The fraction of sp³-hybridized carbons (Fsp3) is 0.300. The molecule has 2 aromatic carbocycles. The van der Waals surface area contributed by atoms with Crippen LogP contribution in [0.1, 0.15) is 36.1 Å². The molecule has 0 saturated carbocycles. The number of aromatic hydroxyl groups is 1. The van der Waals surface area contributed by atoms with Crippen molar-refractivity contribution in [1.82, 2.24) is 5.32 Å². The van der Waals surface area contributed by atoms with Crippen molar-refractivity contribution in [2.45, 2.75) is 32.9 Å². The summed E-state index contributed by atoms with van der Waals surface area (Å²) in [7, 11) is 0. The zero-order valence-corrected chi connectivity index (χ0v) is 16.8. The van der Waals surface area contributed by atoms with Crippen LogP contribution in [-0.4, -0.2) is 23.8 Å². The lowest BCUT2D eigenvalue weighted by molar-refractivity contribution is -0.143. The Kier molecular flexibility index (Phi) is 7.67. The number of rotatable bonds is 7. The normalized spacial score (nSPS) is 11.5. The number of alkyl carbamates (subject to hydrolysis) is 1. The highest BCUT2D eigenvalue weighted by Gasteiger charge is 2.24. The number of ether oxygens (including phenoxy) is 2. The van der Waals surface area contributed by atoms with Crippen molar-refractivity contribution in [2.75, 3.05) is 6.61 Å². The lowest BCUT2D eigenvalue weighted by Gasteiger charge is -2.20. The molecule has 2 aromatic rings. The summed E-state index contributed by atoms with van der Waals surface area (Å²) in [5.41, 5.74) is 2.12. The largest absolute Gasteiger partial charge is 0.506 e. The average molecular weight is 436 g/mol. The number of amides is 1. The Morgan fingerprint density at radius 2 is 1.89 bits per heavy atom. The van der Waals surface area contributed by atoms with Crippen LogP contribution >= 0.6 is 15.9 Å². The maximum Gasteiger partial charge on any atom is 0.407 e. The first kappa shape index (κ1) is 20.8. The van der Waals surface area contributed by atoms with E-state index in [-0.39, 0.29) is 25.4 Å². The number of hydrogen-bond acceptors (Lipinski definition) is 5. The zero-order chi connectivity index (χ0) is 19.8. The number of benzene rings is 2. The predicted octanol–water partition coefficient (Wildman–Crippen LogP) is 4.38. The van der Waals surface area contributed by atoms with Gasteiger partial charge in [0.25, 0.3) is 0 Å². The third-order valence-electron chi connectivity index (χ3n) is 3.79. The van der Waals surface area contributed by atoms with Gasteiger partial charge in [-0.3, -0.25) is 4.79 Å². The highest BCUT2D eigenvalue weighted by atomic mass is 79.9. The van der Waals surface area contributed by atoms with Crippen molar-refractivity contribution in [3.8, 4) is 5.75 Å². The molecule has 0 fully saturated rings. The van der Waals surface area contributed by atoms with Gasteiger partial charge in [-0.05, 0) is 47.0 Å². The van der Waals surface area contributed by atoms with Gasteiger partial charge in [0.05, 0.1) is 23.5 Å². The topological polar surface area (TPSA) is 84.9 Å². The molecule has 144 valence electrons. The first-order valence-electron chi connectivity index (χ1n) is 8.52. The number of aryl methyl sites for hydroxylation is 1. The minimum absolute atomic E-state index is 0.0433. The van der Waals surface area contributed by atoms with Crippen molar-refractivity contribution in [3.05, 3.63) is 63.6 Å². The molecule has 6 nitrogen and oxygen atoms in total. The van der Waals surface area contributed by atoms with Crippen LogP contribution in [0.2, 0.25) is 0 Å². The first-order valence-corrected chi connectivity index (χ1v) is 9.31. The van der Waals surface area contributed by atoms with Gasteiger partial charge in [0.1, 0.15) is 12.4 Å². The first-order chi connectivity index (χ1) is 12.9. The standard InChI is InChI=1S/C20H22BrNO5/c1-3-26-18(23)11-17(15-9-13(2)10-16(21)19(15)24)22-20(25)27-12-14-7-5-4-6-8-14/h4-10,17,24H,3,11-12H2,1-2H3,(H,22,25)/t17-/m0/s1. The van der Waals surface area contributed by atoms with Gasteiger partial charge < -0.3 is 19.9 Å². The van der Waals surface area contributed by atoms with Crippen LogP contribution in [0.5, 0.6) is 5.75 Å². The number of halogens is 1. The summed E-state index contributed by atoms with van der Waals surface area (Å²) in [5.74, 6) is -0.527. The SMILES string of the molecule is CCOC(=O)C[C@H](NC(=O)OCc1ccccc1)c1cc(C)cc(Br)c1O. The van der Waals surface area contributed by atoms with E-state index < -0.39 is 18.1 Å². The molecule has 0 spiro atoms. The van der Waals surface area contributed by atoms with Gasteiger partial charge in [-0.2, -0.15) is 0 Å². The number of nitrogens with one attached hydrogen (secondary N) is 1. The van der Waals surface area contributed by atoms with E-state index in [9.17, 15) is 14.7 Å². The van der Waals surface area contributed by atoms with Crippen LogP contribution in [0.15, 0.2) is 46.9 Å². The van der Waals surface area contributed by atoms with E-state index in [4.69, 9.17) is 9.47 Å². The molecule has 0 unspecified atom stereocenters. The summed E-state index contributed by atoms with van der Waals surface area (Å²) in [6.07, 6.45) is -0.817. The molecule has 2 rings (SSSR count). The molecule has 1 atom stereocenters. The third-order valence-corrected chi connectivity index (χ3v) is 4.40. The average Bonchev–Trinajstić information content (AvgIpc) is 2.63. The number of esters is 1. The fourth-order valence-corrected chi connectivity index (χ4v) is 3.15. The van der Waals surface area contributed by atoms with Crippen LogP contribution in [-0.2, 0) is 20.9 Å². The molecular formula is C20H22BrNO5. The van der Waals surface area contributed by atoms with E-state index in [1.807, 2.05) is 37.3 Å². The summed E-state index contributed by atoms with van der Waals surface area (Å²) in [6.45, 7) is 3.88. The Hall–Kier alpha value is -2.54. The molecule has 0 aliphatic rings. The van der Waals surface area contributed by atoms with Crippen LogP contribution in [0.4, 0.5) is 4.79 Å². The summed E-state index contributed by atoms with van der Waals surface area (Å²) in [5, 5.41) is 13.0. The van der Waals surface area contributed by atoms with E-state index in [1.54, 1.807) is 19.1 Å². The van der Waals surface area contributed by atoms with Gasteiger partial charge in [0.15, 0.2) is 0 Å². The van der Waals surface area contributed by atoms with Crippen molar-refractivity contribution in [1.29, 1.82) is 0 Å². The molecule has 1 amide bonds. The van der Waals surface area contributed by atoms with Crippen molar-refractivity contribution in [2.24, 2.45) is 0 Å². The van der Waals surface area contributed by atoms with E-state index in [0.717, 1.165) is 11.1 Å². The Bertz CT molecular complexity index is 794. The minimum Gasteiger partial charge on any atom is -0.506 e. The zero-order valence-electron chi connectivity index (χ0n) is 15.2. The van der Waals surface area contributed by atoms with Crippen LogP contribution in [0.3, 0.4) is 0 Å². The Morgan fingerprint density at radius 1 is 1.19 bits per heavy atom. The molecule has 2 N–H and O–H groups in total. The molecule has 0 bridgehead atoms. The highest BCUT2D eigenvalue weighted by molar-refractivity contribution is 9.10. The lowest BCUT2D eigenvalue weighted by Crippen LogP contribution is -2.31. The number of carbonyl (C=O) groups is 2. The van der Waals surface area contributed by atoms with Crippen LogP contribution in [0, 0.1) is 6.92 Å². The number of phenolic OH excluding ortho intramolecular Hbond substituents is 1. The maximum absolute atomic E-state index is 12.2. The monoisotopic (exact) mass is 435 g/mol. The Labute approximate surface area is 166 Å². The fourth-order valence-electron chi connectivity index (χ4n) is 2.56.